The minimum atomic E-state index is 0.0996. The molecule has 0 amide bonds. The van der Waals surface area contributed by atoms with E-state index >= 15 is 0 Å². The van der Waals surface area contributed by atoms with E-state index in [1.807, 2.05) is 32.0 Å². The van der Waals surface area contributed by atoms with E-state index < -0.39 is 0 Å². The molecule has 0 aliphatic heterocycles. The molecule has 0 spiro atoms. The predicted molar refractivity (Wildman–Crippen MR) is 81.6 cm³/mol. The molecule has 0 aliphatic carbocycles. The highest BCUT2D eigenvalue weighted by molar-refractivity contribution is 5.10. The maximum absolute atomic E-state index is 5.56. The number of nitrogens with one attached hydrogen (secondary N) is 1. The highest BCUT2D eigenvalue weighted by Gasteiger charge is 2.09. The first-order valence-electron chi connectivity index (χ1n) is 7.26. The second-order valence-electron chi connectivity index (χ2n) is 6.20. The monoisotopic (exact) mass is 280 g/mol. The number of hydrogen-bond acceptors (Lipinski definition) is 4. The van der Waals surface area contributed by atoms with Gasteiger partial charge in [-0.2, -0.15) is 0 Å². The fourth-order valence-electron chi connectivity index (χ4n) is 1.58. The van der Waals surface area contributed by atoms with Crippen molar-refractivity contribution in [3.05, 3.63) is 29.6 Å². The molecule has 1 N–H and O–H groups in total. The molecular formula is C16H28N2O2. The SMILES string of the molecule is CC(C)OCCOCc1cccc(CNC(C)(C)C)n1. The molecule has 1 aromatic rings. The summed E-state index contributed by atoms with van der Waals surface area (Å²) in [5.74, 6) is 0. The van der Waals surface area contributed by atoms with Gasteiger partial charge >= 0.3 is 0 Å². The van der Waals surface area contributed by atoms with Crippen molar-refractivity contribution in [2.75, 3.05) is 13.2 Å². The van der Waals surface area contributed by atoms with Crippen LogP contribution in [0.15, 0.2) is 18.2 Å². The minimum absolute atomic E-state index is 0.0996. The van der Waals surface area contributed by atoms with Gasteiger partial charge in [0.05, 0.1) is 37.3 Å². The van der Waals surface area contributed by atoms with E-state index in [-0.39, 0.29) is 11.6 Å². The van der Waals surface area contributed by atoms with E-state index in [0.717, 1.165) is 17.9 Å². The van der Waals surface area contributed by atoms with Gasteiger partial charge in [0.15, 0.2) is 0 Å². The maximum atomic E-state index is 5.56. The molecule has 0 saturated carbocycles. The number of nitrogens with zero attached hydrogens (tertiary/aromatic N) is 1. The molecule has 0 fully saturated rings. The third kappa shape index (κ3) is 8.25. The summed E-state index contributed by atoms with van der Waals surface area (Å²) in [5, 5.41) is 3.43. The Bertz CT molecular complexity index is 386. The molecule has 0 saturated heterocycles. The zero-order valence-electron chi connectivity index (χ0n) is 13.4. The Morgan fingerprint density at radius 2 is 1.85 bits per heavy atom. The van der Waals surface area contributed by atoms with Crippen LogP contribution >= 0.6 is 0 Å². The van der Waals surface area contributed by atoms with Gasteiger partial charge < -0.3 is 14.8 Å². The molecule has 4 nitrogen and oxygen atoms in total. The van der Waals surface area contributed by atoms with E-state index in [4.69, 9.17) is 9.47 Å². The molecule has 0 aliphatic rings. The number of hydrogen-bond donors (Lipinski definition) is 1. The first-order valence-corrected chi connectivity index (χ1v) is 7.26. The summed E-state index contributed by atoms with van der Waals surface area (Å²) in [7, 11) is 0. The number of pyridine rings is 1. The van der Waals surface area contributed by atoms with Crippen LogP contribution < -0.4 is 5.32 Å². The molecular weight excluding hydrogens is 252 g/mol. The third-order valence-corrected chi connectivity index (χ3v) is 2.59. The number of ether oxygens (including phenoxy) is 2. The normalized spacial score (nSPS) is 12.1. The van der Waals surface area contributed by atoms with Crippen LogP contribution in [0.4, 0.5) is 0 Å². The summed E-state index contributed by atoms with van der Waals surface area (Å²) in [6, 6.07) is 6.05. The molecule has 0 atom stereocenters. The standard InChI is InChI=1S/C16H28N2O2/c1-13(2)20-10-9-19-12-15-8-6-7-14(18-15)11-17-16(3,4)5/h6-8,13,17H,9-12H2,1-5H3. The van der Waals surface area contributed by atoms with Crippen molar-refractivity contribution < 1.29 is 9.47 Å². The first kappa shape index (κ1) is 17.1. The molecule has 0 bridgehead atoms. The van der Waals surface area contributed by atoms with Crippen molar-refractivity contribution in [1.29, 1.82) is 0 Å². The summed E-state index contributed by atoms with van der Waals surface area (Å²) >= 11 is 0. The predicted octanol–water partition coefficient (Wildman–Crippen LogP) is 2.91. The van der Waals surface area contributed by atoms with Crippen molar-refractivity contribution in [2.24, 2.45) is 0 Å². The summed E-state index contributed by atoms with van der Waals surface area (Å²) in [5.41, 5.74) is 2.10. The molecule has 1 aromatic heterocycles. The zero-order chi connectivity index (χ0) is 15.0. The van der Waals surface area contributed by atoms with E-state index in [0.29, 0.717) is 19.8 Å². The largest absolute Gasteiger partial charge is 0.376 e. The quantitative estimate of drug-likeness (QED) is 0.744. The third-order valence-electron chi connectivity index (χ3n) is 2.59. The second-order valence-corrected chi connectivity index (χ2v) is 6.20. The van der Waals surface area contributed by atoms with Gasteiger partial charge in [-0.05, 0) is 46.8 Å². The smallest absolute Gasteiger partial charge is 0.0889 e. The molecule has 1 rings (SSSR count). The Morgan fingerprint density at radius 3 is 2.50 bits per heavy atom. The van der Waals surface area contributed by atoms with Crippen molar-refractivity contribution in [1.82, 2.24) is 10.3 Å². The molecule has 0 radical (unpaired) electrons. The Kier molecular flexibility index (Phi) is 7.13. The van der Waals surface area contributed by atoms with Crippen LogP contribution in [-0.2, 0) is 22.6 Å². The highest BCUT2D eigenvalue weighted by Crippen LogP contribution is 2.05. The van der Waals surface area contributed by atoms with Crippen molar-refractivity contribution >= 4 is 0 Å². The fourth-order valence-corrected chi connectivity index (χ4v) is 1.58. The molecule has 4 heteroatoms. The lowest BCUT2D eigenvalue weighted by atomic mass is 10.1. The molecule has 0 aromatic carbocycles. The first-order chi connectivity index (χ1) is 9.37. The number of rotatable bonds is 8. The van der Waals surface area contributed by atoms with E-state index in [1.165, 1.54) is 0 Å². The van der Waals surface area contributed by atoms with Gasteiger partial charge in [0.1, 0.15) is 0 Å². The molecule has 1 heterocycles. The van der Waals surface area contributed by atoms with Gasteiger partial charge in [0.25, 0.3) is 0 Å². The summed E-state index contributed by atoms with van der Waals surface area (Å²) < 4.78 is 11.0. The van der Waals surface area contributed by atoms with Crippen LogP contribution in [0.25, 0.3) is 0 Å². The van der Waals surface area contributed by atoms with Crippen molar-refractivity contribution in [3.8, 4) is 0 Å². The number of aromatic nitrogens is 1. The molecule has 114 valence electrons. The van der Waals surface area contributed by atoms with Crippen LogP contribution in [0.1, 0.15) is 46.0 Å². The molecule has 20 heavy (non-hydrogen) atoms. The van der Waals surface area contributed by atoms with Crippen LogP contribution in [0.5, 0.6) is 0 Å². The highest BCUT2D eigenvalue weighted by atomic mass is 16.5. The second kappa shape index (κ2) is 8.35. The van der Waals surface area contributed by atoms with Crippen molar-refractivity contribution in [2.45, 2.75) is 59.4 Å². The van der Waals surface area contributed by atoms with Crippen LogP contribution in [-0.4, -0.2) is 29.8 Å². The van der Waals surface area contributed by atoms with Gasteiger partial charge in [0.2, 0.25) is 0 Å². The lowest BCUT2D eigenvalue weighted by Crippen LogP contribution is -2.35. The maximum Gasteiger partial charge on any atom is 0.0889 e. The topological polar surface area (TPSA) is 43.4 Å². The lowest BCUT2D eigenvalue weighted by Gasteiger charge is -2.20. The van der Waals surface area contributed by atoms with E-state index in [9.17, 15) is 0 Å². The van der Waals surface area contributed by atoms with Gasteiger partial charge in [-0.1, -0.05) is 6.07 Å². The van der Waals surface area contributed by atoms with Gasteiger partial charge in [-0.25, -0.2) is 0 Å². The van der Waals surface area contributed by atoms with Crippen molar-refractivity contribution in [3.63, 3.8) is 0 Å². The Balaban J connectivity index is 2.32. The van der Waals surface area contributed by atoms with Crippen LogP contribution in [0.3, 0.4) is 0 Å². The summed E-state index contributed by atoms with van der Waals surface area (Å²) in [6.45, 7) is 13.0. The minimum Gasteiger partial charge on any atom is -0.376 e. The Hall–Kier alpha value is -0.970. The van der Waals surface area contributed by atoms with Crippen LogP contribution in [0.2, 0.25) is 0 Å². The van der Waals surface area contributed by atoms with Gasteiger partial charge in [0, 0.05) is 12.1 Å². The van der Waals surface area contributed by atoms with E-state index in [2.05, 4.69) is 31.1 Å². The molecule has 0 unspecified atom stereocenters. The average molecular weight is 280 g/mol. The van der Waals surface area contributed by atoms with Gasteiger partial charge in [-0.3, -0.25) is 4.98 Å². The summed E-state index contributed by atoms with van der Waals surface area (Å²) in [6.07, 6.45) is 0.253. The van der Waals surface area contributed by atoms with Crippen LogP contribution in [0, 0.1) is 0 Å². The Morgan fingerprint density at radius 1 is 1.15 bits per heavy atom. The zero-order valence-corrected chi connectivity index (χ0v) is 13.4. The Labute approximate surface area is 122 Å². The van der Waals surface area contributed by atoms with E-state index in [1.54, 1.807) is 0 Å². The fraction of sp³-hybridized carbons (Fsp3) is 0.688. The van der Waals surface area contributed by atoms with Gasteiger partial charge in [-0.15, -0.1) is 0 Å². The summed E-state index contributed by atoms with van der Waals surface area (Å²) in [4.78, 5) is 4.58. The average Bonchev–Trinajstić information content (AvgIpc) is 2.35. The lowest BCUT2D eigenvalue weighted by molar-refractivity contribution is 0.0135.